The maximum absolute atomic E-state index is 12.6. The van der Waals surface area contributed by atoms with Crippen LogP contribution in [0.2, 0.25) is 0 Å². The van der Waals surface area contributed by atoms with E-state index in [1.165, 1.54) is 0 Å². The molecule has 3 aromatic rings. The summed E-state index contributed by atoms with van der Waals surface area (Å²) in [6.45, 7) is 6.67. The second kappa shape index (κ2) is 17.3. The van der Waals surface area contributed by atoms with Gasteiger partial charge in [0.25, 0.3) is 0 Å². The molecule has 0 heterocycles. The van der Waals surface area contributed by atoms with Crippen molar-refractivity contribution in [1.29, 1.82) is 0 Å². The fourth-order valence-electron chi connectivity index (χ4n) is 3.79. The molecule has 0 radical (unpaired) electrons. The van der Waals surface area contributed by atoms with E-state index in [1.807, 2.05) is 24.3 Å². The second-order valence-electron chi connectivity index (χ2n) is 9.56. The van der Waals surface area contributed by atoms with Crippen LogP contribution in [0.25, 0.3) is 11.1 Å². The van der Waals surface area contributed by atoms with E-state index in [2.05, 4.69) is 17.9 Å². The van der Waals surface area contributed by atoms with E-state index >= 15 is 0 Å². The highest BCUT2D eigenvalue weighted by atomic mass is 19.4. The van der Waals surface area contributed by atoms with Gasteiger partial charge < -0.3 is 23.7 Å². The smallest absolute Gasteiger partial charge is 0.422 e. The summed E-state index contributed by atoms with van der Waals surface area (Å²) in [6.07, 6.45) is -1.19. The summed E-state index contributed by atoms with van der Waals surface area (Å²) in [7, 11) is 0. The maximum Gasteiger partial charge on any atom is 0.422 e. The third-order valence-corrected chi connectivity index (χ3v) is 6.23. The largest absolute Gasteiger partial charge is 0.494 e. The van der Waals surface area contributed by atoms with Crippen molar-refractivity contribution in [3.8, 4) is 28.4 Å². The molecule has 0 aliphatic rings. The van der Waals surface area contributed by atoms with Crippen molar-refractivity contribution in [2.45, 2.75) is 31.9 Å². The number of hydrogen-bond acceptors (Lipinski definition) is 8. The molecule has 0 N–H and O–H groups in total. The Morgan fingerprint density at radius 1 is 0.644 bits per heavy atom. The summed E-state index contributed by atoms with van der Waals surface area (Å²) < 4.78 is 63.3. The molecule has 8 nitrogen and oxygen atoms in total. The number of hydrogen-bond donors (Lipinski definition) is 0. The van der Waals surface area contributed by atoms with E-state index in [-0.39, 0.29) is 19.8 Å². The summed E-state index contributed by atoms with van der Waals surface area (Å²) in [5.41, 5.74) is 0.688. The number of carbonyl (C=O) groups excluding carboxylic acids is 3. The number of benzene rings is 3. The predicted octanol–water partition coefficient (Wildman–Crippen LogP) is 7.28. The molecule has 0 aliphatic carbocycles. The van der Waals surface area contributed by atoms with Crippen molar-refractivity contribution < 1.29 is 51.2 Å². The maximum atomic E-state index is 12.6. The first-order valence-corrected chi connectivity index (χ1v) is 14.1. The highest BCUT2D eigenvalue weighted by molar-refractivity contribution is 5.91. The molecule has 0 saturated carbocycles. The molecule has 45 heavy (non-hydrogen) atoms. The number of esters is 3. The van der Waals surface area contributed by atoms with Crippen LogP contribution < -0.4 is 14.2 Å². The van der Waals surface area contributed by atoms with Gasteiger partial charge in [0.15, 0.2) is 0 Å². The lowest BCUT2D eigenvalue weighted by molar-refractivity contribution is -0.150. The monoisotopic (exact) mass is 626 g/mol. The van der Waals surface area contributed by atoms with Crippen LogP contribution in [0.4, 0.5) is 13.2 Å². The molecule has 0 spiro atoms. The van der Waals surface area contributed by atoms with Crippen molar-refractivity contribution in [2.75, 3.05) is 26.4 Å². The summed E-state index contributed by atoms with van der Waals surface area (Å²) in [6, 6.07) is 21.0. The molecule has 3 rings (SSSR count). The number of alkyl halides is 3. The molecule has 3 aromatic carbocycles. The lowest BCUT2D eigenvalue weighted by atomic mass is 10.1. The molecule has 238 valence electrons. The van der Waals surface area contributed by atoms with Gasteiger partial charge >= 0.3 is 24.1 Å². The Labute approximate surface area is 259 Å². The van der Waals surface area contributed by atoms with Crippen LogP contribution in [0.5, 0.6) is 17.2 Å². The molecule has 11 heteroatoms. The van der Waals surface area contributed by atoms with E-state index in [0.717, 1.165) is 23.6 Å². The molecular weight excluding hydrogens is 593 g/mol. The van der Waals surface area contributed by atoms with Crippen LogP contribution in [0.3, 0.4) is 0 Å². The first-order chi connectivity index (χ1) is 21.6. The zero-order valence-electron chi connectivity index (χ0n) is 24.5. The Bertz CT molecular complexity index is 1430. The Hall–Kier alpha value is -5.06. The normalized spacial score (nSPS) is 10.8. The van der Waals surface area contributed by atoms with Gasteiger partial charge in [-0.25, -0.2) is 14.4 Å². The molecule has 0 saturated heterocycles. The van der Waals surface area contributed by atoms with E-state index in [1.54, 1.807) is 48.5 Å². The number of rotatable bonds is 17. The van der Waals surface area contributed by atoms with Crippen LogP contribution in [0.15, 0.2) is 97.6 Å². The van der Waals surface area contributed by atoms with Crippen LogP contribution in [-0.2, 0) is 19.1 Å². The molecule has 0 unspecified atom stereocenters. The molecule has 0 aromatic heterocycles. The van der Waals surface area contributed by atoms with Crippen LogP contribution >= 0.6 is 0 Å². The Morgan fingerprint density at radius 2 is 1.16 bits per heavy atom. The van der Waals surface area contributed by atoms with Gasteiger partial charge in [-0.2, -0.15) is 13.2 Å². The molecule has 0 atom stereocenters. The van der Waals surface area contributed by atoms with Crippen LogP contribution in [0.1, 0.15) is 36.0 Å². The minimum Gasteiger partial charge on any atom is -0.494 e. The van der Waals surface area contributed by atoms with Crippen molar-refractivity contribution in [2.24, 2.45) is 0 Å². The molecule has 0 aliphatic heterocycles. The minimum atomic E-state index is -4.79. The first kappa shape index (κ1) is 34.4. The topological polar surface area (TPSA) is 97.4 Å². The zero-order chi connectivity index (χ0) is 32.7. The van der Waals surface area contributed by atoms with Gasteiger partial charge in [-0.05, 0) is 85.3 Å². The molecular formula is C34H33F3O8. The lowest BCUT2D eigenvalue weighted by Crippen LogP contribution is -2.21. The van der Waals surface area contributed by atoms with Crippen LogP contribution in [0, 0.1) is 0 Å². The Kier molecular flexibility index (Phi) is 13.2. The molecule has 0 fully saturated rings. The van der Waals surface area contributed by atoms with E-state index in [0.29, 0.717) is 48.7 Å². The quantitative estimate of drug-likeness (QED) is 0.0668. The van der Waals surface area contributed by atoms with Gasteiger partial charge in [-0.3, -0.25) is 0 Å². The summed E-state index contributed by atoms with van der Waals surface area (Å²) >= 11 is 0. The zero-order valence-corrected chi connectivity index (χ0v) is 24.5. The van der Waals surface area contributed by atoms with E-state index < -0.39 is 29.7 Å². The van der Waals surface area contributed by atoms with Crippen molar-refractivity contribution in [1.82, 2.24) is 0 Å². The van der Waals surface area contributed by atoms with Gasteiger partial charge in [0, 0.05) is 6.08 Å². The average Bonchev–Trinajstić information content (AvgIpc) is 3.04. The number of ether oxygens (including phenoxy) is 5. The average molecular weight is 627 g/mol. The minimum absolute atomic E-state index is 0.111. The highest BCUT2D eigenvalue weighted by Gasteiger charge is 2.37. The standard InChI is InChI=1S/C34H33F3O8/c1-3-31(38)43-23-22-42-29-14-8-25(9-15-29)26-10-18-30(19-11-26)45-33(40)27-12-16-28(17-13-27)41-20-6-4-5-7-21-44-32(39)24(2)34(35,36)37/h3,8-19H,1-2,4-7,20-23H2. The SMILES string of the molecule is C=CC(=O)OCCOc1ccc(-c2ccc(OC(=O)c3ccc(OCCCCCCOC(=O)C(=C)C(F)(F)F)cc3)cc2)cc1. The van der Waals surface area contributed by atoms with Crippen LogP contribution in [-0.4, -0.2) is 50.5 Å². The van der Waals surface area contributed by atoms with Gasteiger partial charge in [-0.15, -0.1) is 0 Å². The fraction of sp³-hybridized carbons (Fsp3) is 0.265. The van der Waals surface area contributed by atoms with Crippen molar-refractivity contribution in [3.05, 3.63) is 103 Å². The number of carbonyl (C=O) groups is 3. The highest BCUT2D eigenvalue weighted by Crippen LogP contribution is 2.26. The summed E-state index contributed by atoms with van der Waals surface area (Å²) in [5.74, 6) is -0.884. The Morgan fingerprint density at radius 3 is 1.71 bits per heavy atom. The van der Waals surface area contributed by atoms with Gasteiger partial charge in [0.05, 0.1) is 18.8 Å². The van der Waals surface area contributed by atoms with E-state index in [9.17, 15) is 27.6 Å². The summed E-state index contributed by atoms with van der Waals surface area (Å²) in [5, 5.41) is 0. The second-order valence-corrected chi connectivity index (χ2v) is 9.56. The fourth-order valence-corrected chi connectivity index (χ4v) is 3.79. The third kappa shape index (κ3) is 11.9. The van der Waals surface area contributed by atoms with E-state index in [4.69, 9.17) is 18.9 Å². The lowest BCUT2D eigenvalue weighted by Gasteiger charge is -2.10. The van der Waals surface area contributed by atoms with Crippen molar-refractivity contribution in [3.63, 3.8) is 0 Å². The van der Waals surface area contributed by atoms with Gasteiger partial charge in [0.2, 0.25) is 0 Å². The van der Waals surface area contributed by atoms with Crippen molar-refractivity contribution >= 4 is 17.9 Å². The van der Waals surface area contributed by atoms with Gasteiger partial charge in [-0.1, -0.05) is 37.4 Å². The predicted molar refractivity (Wildman–Crippen MR) is 160 cm³/mol. The third-order valence-electron chi connectivity index (χ3n) is 6.23. The first-order valence-electron chi connectivity index (χ1n) is 14.1. The summed E-state index contributed by atoms with van der Waals surface area (Å²) in [4.78, 5) is 34.9. The number of unbranched alkanes of at least 4 members (excludes halogenated alkanes) is 3. The molecule has 0 bridgehead atoms. The Balaban J connectivity index is 1.34. The number of halogens is 3. The molecule has 0 amide bonds. The van der Waals surface area contributed by atoms with Gasteiger partial charge in [0.1, 0.15) is 36.0 Å².